The van der Waals surface area contributed by atoms with E-state index in [1.54, 1.807) is 0 Å². The molecule has 0 aromatic carbocycles. The molecule has 0 bridgehead atoms. The lowest BCUT2D eigenvalue weighted by molar-refractivity contribution is 0.112. The Morgan fingerprint density at radius 1 is 1.50 bits per heavy atom. The molecule has 0 radical (unpaired) electrons. The molecule has 2 aromatic heterocycles. The van der Waals surface area contributed by atoms with Crippen molar-refractivity contribution in [1.82, 2.24) is 9.38 Å². The van der Waals surface area contributed by atoms with Crippen LogP contribution in [0.4, 0.5) is 5.69 Å². The summed E-state index contributed by atoms with van der Waals surface area (Å²) in [6.07, 6.45) is 2.68. The summed E-state index contributed by atoms with van der Waals surface area (Å²) in [6, 6.07) is 3.83. The minimum atomic E-state index is 0.311. The molecule has 0 saturated heterocycles. The van der Waals surface area contributed by atoms with Gasteiger partial charge in [0.25, 0.3) is 0 Å². The lowest BCUT2D eigenvalue weighted by Crippen LogP contribution is -2.10. The van der Waals surface area contributed by atoms with Crippen molar-refractivity contribution in [3.05, 3.63) is 29.8 Å². The number of carbonyl (C=O) groups excluding carboxylic acids is 1. The second-order valence-corrected chi connectivity index (χ2v) is 3.77. The summed E-state index contributed by atoms with van der Waals surface area (Å²) in [5.41, 5.74) is 7.86. The first-order valence-electron chi connectivity index (χ1n) is 5.01. The van der Waals surface area contributed by atoms with Gasteiger partial charge in [-0.3, -0.25) is 9.20 Å². The van der Waals surface area contributed by atoms with Gasteiger partial charge < -0.3 is 10.6 Å². The van der Waals surface area contributed by atoms with Crippen molar-refractivity contribution < 1.29 is 4.79 Å². The number of imidazole rings is 1. The van der Waals surface area contributed by atoms with Crippen molar-refractivity contribution in [2.45, 2.75) is 6.54 Å². The predicted molar refractivity (Wildman–Crippen MR) is 62.8 cm³/mol. The van der Waals surface area contributed by atoms with Crippen LogP contribution < -0.4 is 10.6 Å². The highest BCUT2D eigenvalue weighted by molar-refractivity contribution is 5.84. The number of pyridine rings is 1. The Morgan fingerprint density at radius 2 is 2.25 bits per heavy atom. The fourth-order valence-electron chi connectivity index (χ4n) is 1.66. The molecule has 0 spiro atoms. The fraction of sp³-hybridized carbons (Fsp3) is 0.273. The van der Waals surface area contributed by atoms with Gasteiger partial charge in [0.1, 0.15) is 11.5 Å². The van der Waals surface area contributed by atoms with Crippen molar-refractivity contribution in [1.29, 1.82) is 0 Å². The number of rotatable bonds is 3. The standard InChI is InChI=1S/C11H14N4O/c1-14(2)8-3-4-10-9(7-16)13-11(5-12)15(10)6-8/h3-4,6-7H,5,12H2,1-2H3. The average Bonchev–Trinajstić information content (AvgIpc) is 2.65. The molecule has 0 fully saturated rings. The van der Waals surface area contributed by atoms with Crippen LogP contribution in [0.2, 0.25) is 0 Å². The monoisotopic (exact) mass is 218 g/mol. The van der Waals surface area contributed by atoms with Gasteiger partial charge in [-0.25, -0.2) is 4.98 Å². The van der Waals surface area contributed by atoms with E-state index in [2.05, 4.69) is 4.98 Å². The smallest absolute Gasteiger partial charge is 0.170 e. The zero-order valence-corrected chi connectivity index (χ0v) is 9.34. The van der Waals surface area contributed by atoms with Crippen molar-refractivity contribution in [2.24, 2.45) is 5.73 Å². The number of aromatic nitrogens is 2. The highest BCUT2D eigenvalue weighted by Crippen LogP contribution is 2.17. The van der Waals surface area contributed by atoms with E-state index < -0.39 is 0 Å². The summed E-state index contributed by atoms with van der Waals surface area (Å²) in [4.78, 5) is 17.0. The van der Waals surface area contributed by atoms with Crippen molar-refractivity contribution in [3.63, 3.8) is 0 Å². The Balaban J connectivity index is 2.71. The molecule has 5 nitrogen and oxygen atoms in total. The zero-order valence-electron chi connectivity index (χ0n) is 9.34. The molecule has 84 valence electrons. The molecule has 0 atom stereocenters. The van der Waals surface area contributed by atoms with Gasteiger partial charge in [-0.2, -0.15) is 0 Å². The van der Waals surface area contributed by atoms with Crippen LogP contribution in [-0.2, 0) is 6.54 Å². The molecule has 0 unspecified atom stereocenters. The van der Waals surface area contributed by atoms with Gasteiger partial charge >= 0.3 is 0 Å². The normalized spacial score (nSPS) is 10.7. The first-order chi connectivity index (χ1) is 7.67. The molecular formula is C11H14N4O. The molecule has 2 N–H and O–H groups in total. The quantitative estimate of drug-likeness (QED) is 0.769. The number of aldehydes is 1. The van der Waals surface area contributed by atoms with Gasteiger partial charge in [-0.1, -0.05) is 0 Å². The van der Waals surface area contributed by atoms with E-state index in [1.165, 1.54) is 0 Å². The lowest BCUT2D eigenvalue weighted by atomic mass is 10.3. The van der Waals surface area contributed by atoms with Gasteiger partial charge in [0.05, 0.1) is 17.7 Å². The summed E-state index contributed by atoms with van der Waals surface area (Å²) >= 11 is 0. The number of carbonyl (C=O) groups is 1. The van der Waals surface area contributed by atoms with Gasteiger partial charge in [0.15, 0.2) is 6.29 Å². The topological polar surface area (TPSA) is 63.6 Å². The van der Waals surface area contributed by atoms with E-state index in [-0.39, 0.29) is 0 Å². The Morgan fingerprint density at radius 3 is 2.81 bits per heavy atom. The third-order valence-corrected chi connectivity index (χ3v) is 2.53. The third-order valence-electron chi connectivity index (χ3n) is 2.53. The minimum absolute atomic E-state index is 0.311. The SMILES string of the molecule is CN(C)c1ccc2c(C=O)nc(CN)n2c1. The molecule has 2 aromatic rings. The second-order valence-electron chi connectivity index (χ2n) is 3.77. The Kier molecular flexibility index (Phi) is 2.62. The number of hydrogen-bond donors (Lipinski definition) is 1. The van der Waals surface area contributed by atoms with Crippen molar-refractivity contribution in [3.8, 4) is 0 Å². The molecule has 2 rings (SSSR count). The Hall–Kier alpha value is -1.88. The van der Waals surface area contributed by atoms with E-state index in [1.807, 2.05) is 41.7 Å². The molecule has 0 aliphatic carbocycles. The van der Waals surface area contributed by atoms with Crippen LogP contribution in [0.25, 0.3) is 5.52 Å². The average molecular weight is 218 g/mol. The van der Waals surface area contributed by atoms with Crippen molar-refractivity contribution in [2.75, 3.05) is 19.0 Å². The van der Waals surface area contributed by atoms with E-state index in [0.717, 1.165) is 17.5 Å². The lowest BCUT2D eigenvalue weighted by Gasteiger charge is -2.12. The van der Waals surface area contributed by atoms with Crippen LogP contribution in [0, 0.1) is 0 Å². The number of anilines is 1. The second kappa shape index (κ2) is 3.94. The predicted octanol–water partition coefficient (Wildman–Crippen LogP) is 0.671. The highest BCUT2D eigenvalue weighted by atomic mass is 16.1. The Bertz CT molecular complexity index is 530. The molecule has 0 aliphatic rings. The molecule has 0 saturated carbocycles. The summed E-state index contributed by atoms with van der Waals surface area (Å²) in [5, 5.41) is 0. The number of nitrogens with zero attached hydrogens (tertiary/aromatic N) is 3. The van der Waals surface area contributed by atoms with Crippen LogP contribution in [0.3, 0.4) is 0 Å². The number of hydrogen-bond acceptors (Lipinski definition) is 4. The van der Waals surface area contributed by atoms with E-state index >= 15 is 0 Å². The largest absolute Gasteiger partial charge is 0.376 e. The molecule has 0 aliphatic heterocycles. The fourth-order valence-corrected chi connectivity index (χ4v) is 1.66. The van der Waals surface area contributed by atoms with Crippen molar-refractivity contribution >= 4 is 17.5 Å². The first-order valence-corrected chi connectivity index (χ1v) is 5.01. The van der Waals surface area contributed by atoms with Gasteiger partial charge in [-0.05, 0) is 12.1 Å². The molecule has 5 heteroatoms. The summed E-state index contributed by atoms with van der Waals surface area (Å²) in [5.74, 6) is 0.695. The summed E-state index contributed by atoms with van der Waals surface area (Å²) in [6.45, 7) is 0.311. The molecule has 2 heterocycles. The molecule has 0 amide bonds. The van der Waals surface area contributed by atoms with Crippen LogP contribution in [0.15, 0.2) is 18.3 Å². The van der Waals surface area contributed by atoms with E-state index in [9.17, 15) is 4.79 Å². The van der Waals surface area contributed by atoms with Gasteiger partial charge in [0, 0.05) is 20.3 Å². The van der Waals surface area contributed by atoms with Crippen LogP contribution in [0.5, 0.6) is 0 Å². The summed E-state index contributed by atoms with van der Waals surface area (Å²) in [7, 11) is 3.92. The maximum Gasteiger partial charge on any atom is 0.170 e. The van der Waals surface area contributed by atoms with E-state index in [0.29, 0.717) is 18.1 Å². The van der Waals surface area contributed by atoms with Gasteiger partial charge in [0.2, 0.25) is 0 Å². The molecule has 16 heavy (non-hydrogen) atoms. The van der Waals surface area contributed by atoms with Gasteiger partial charge in [-0.15, -0.1) is 0 Å². The maximum atomic E-state index is 10.8. The highest BCUT2D eigenvalue weighted by Gasteiger charge is 2.09. The molecular weight excluding hydrogens is 204 g/mol. The third kappa shape index (κ3) is 1.55. The summed E-state index contributed by atoms with van der Waals surface area (Å²) < 4.78 is 1.86. The van der Waals surface area contributed by atoms with E-state index in [4.69, 9.17) is 5.73 Å². The number of fused-ring (bicyclic) bond motifs is 1. The number of nitrogens with two attached hydrogens (primary N) is 1. The maximum absolute atomic E-state index is 10.8. The van der Waals surface area contributed by atoms with Crippen LogP contribution >= 0.6 is 0 Å². The minimum Gasteiger partial charge on any atom is -0.376 e. The first kappa shape index (κ1) is 10.6. The zero-order chi connectivity index (χ0) is 11.7. The van der Waals surface area contributed by atoms with Crippen LogP contribution in [-0.4, -0.2) is 29.8 Å². The Labute approximate surface area is 93.5 Å². The van der Waals surface area contributed by atoms with Crippen LogP contribution in [0.1, 0.15) is 16.3 Å².